The molecule has 23 heavy (non-hydrogen) atoms. The van der Waals surface area contributed by atoms with Gasteiger partial charge in [0.25, 0.3) is 0 Å². The summed E-state index contributed by atoms with van der Waals surface area (Å²) < 4.78 is 5.20. The Balaban J connectivity index is 1.70. The highest BCUT2D eigenvalue weighted by molar-refractivity contribution is 5.56. The van der Waals surface area contributed by atoms with E-state index in [9.17, 15) is 5.26 Å². The Hall–Kier alpha value is -2.71. The summed E-state index contributed by atoms with van der Waals surface area (Å²) in [6.07, 6.45) is 0. The summed E-state index contributed by atoms with van der Waals surface area (Å²) in [4.78, 5) is 3.71. The molecule has 3 rings (SSSR count). The van der Waals surface area contributed by atoms with Crippen molar-refractivity contribution in [1.29, 1.82) is 5.26 Å². The zero-order valence-corrected chi connectivity index (χ0v) is 13.2. The summed E-state index contributed by atoms with van der Waals surface area (Å²) >= 11 is 0. The van der Waals surface area contributed by atoms with Gasteiger partial charge >= 0.3 is 0 Å². The van der Waals surface area contributed by atoms with Crippen LogP contribution in [-0.4, -0.2) is 33.3 Å². The van der Waals surface area contributed by atoms with E-state index in [0.717, 1.165) is 37.6 Å². The van der Waals surface area contributed by atoms with Gasteiger partial charge in [-0.2, -0.15) is 5.26 Å². The molecule has 1 heterocycles. The summed E-state index contributed by atoms with van der Waals surface area (Å²) in [6, 6.07) is 16.0. The monoisotopic (exact) mass is 309 g/mol. The van der Waals surface area contributed by atoms with E-state index in [-0.39, 0.29) is 0 Å². The summed E-state index contributed by atoms with van der Waals surface area (Å²) in [5.41, 5.74) is 9.36. The van der Waals surface area contributed by atoms with Crippen molar-refractivity contribution in [3.05, 3.63) is 48.0 Å². The van der Waals surface area contributed by atoms with Crippen molar-refractivity contribution < 1.29 is 9.64 Å². The number of methoxy groups -OCH3 is 1. The lowest BCUT2D eigenvalue weighted by molar-refractivity contribution is -0.833. The first-order chi connectivity index (χ1) is 11.2. The molecule has 3 N–H and O–H groups in total. The van der Waals surface area contributed by atoms with E-state index >= 15 is 0 Å². The highest BCUT2D eigenvalue weighted by Crippen LogP contribution is 2.20. The number of anilines is 2. The standard InChI is InChI=1S/C18H20N4O/c1-23-17-5-3-16(4-6-17)21-8-10-22(11-9-21)18-7-2-15(20)12-14(18)13-19/h2-7,12H,8-11,20H2,1H3/p+1. The number of nitriles is 1. The van der Waals surface area contributed by atoms with E-state index in [0.29, 0.717) is 11.3 Å². The molecule has 1 saturated heterocycles. The molecule has 118 valence electrons. The zero-order chi connectivity index (χ0) is 16.2. The van der Waals surface area contributed by atoms with Crippen LogP contribution in [0.4, 0.5) is 17.1 Å². The summed E-state index contributed by atoms with van der Waals surface area (Å²) in [6.45, 7) is 3.84. The van der Waals surface area contributed by atoms with Crippen molar-refractivity contribution in [2.75, 3.05) is 43.9 Å². The van der Waals surface area contributed by atoms with Gasteiger partial charge in [0, 0.05) is 17.4 Å². The van der Waals surface area contributed by atoms with Crippen LogP contribution in [0.3, 0.4) is 0 Å². The molecule has 2 aromatic carbocycles. The van der Waals surface area contributed by atoms with E-state index in [1.54, 1.807) is 13.2 Å². The Morgan fingerprint density at radius 3 is 2.43 bits per heavy atom. The van der Waals surface area contributed by atoms with Gasteiger partial charge in [0.05, 0.1) is 33.3 Å². The molecule has 0 radical (unpaired) electrons. The number of nitrogen functional groups attached to an aromatic ring is 1. The predicted molar refractivity (Wildman–Crippen MR) is 91.1 cm³/mol. The van der Waals surface area contributed by atoms with Gasteiger partial charge in [-0.3, -0.25) is 4.90 Å². The Morgan fingerprint density at radius 2 is 1.83 bits per heavy atom. The lowest BCUT2D eigenvalue weighted by atomic mass is 10.1. The molecule has 2 aromatic rings. The fourth-order valence-electron chi connectivity index (χ4n) is 3.06. The number of rotatable bonds is 3. The molecule has 0 unspecified atom stereocenters. The second kappa shape index (κ2) is 6.59. The second-order valence-corrected chi connectivity index (χ2v) is 5.71. The summed E-state index contributed by atoms with van der Waals surface area (Å²) in [5.74, 6) is 0.874. The number of nitrogens with one attached hydrogen (secondary N) is 1. The van der Waals surface area contributed by atoms with Crippen LogP contribution in [-0.2, 0) is 0 Å². The minimum Gasteiger partial charge on any atom is -0.497 e. The number of ether oxygens (including phenoxy) is 1. The largest absolute Gasteiger partial charge is 0.497 e. The molecular weight excluding hydrogens is 288 g/mol. The molecule has 0 aromatic heterocycles. The summed E-state index contributed by atoms with van der Waals surface area (Å²) in [7, 11) is 1.68. The van der Waals surface area contributed by atoms with Crippen LogP contribution in [0.25, 0.3) is 0 Å². The third kappa shape index (κ3) is 3.22. The first-order valence-electron chi connectivity index (χ1n) is 7.75. The lowest BCUT2D eigenvalue weighted by Gasteiger charge is -2.33. The van der Waals surface area contributed by atoms with Crippen molar-refractivity contribution in [3.63, 3.8) is 0 Å². The van der Waals surface area contributed by atoms with Crippen LogP contribution in [0.15, 0.2) is 42.5 Å². The number of piperazine rings is 1. The number of hydrogen-bond acceptors (Lipinski definition) is 4. The van der Waals surface area contributed by atoms with Gasteiger partial charge in [0.2, 0.25) is 0 Å². The predicted octanol–water partition coefficient (Wildman–Crippen LogP) is 1.19. The Kier molecular flexibility index (Phi) is 4.35. The molecule has 1 aliphatic rings. The van der Waals surface area contributed by atoms with Crippen molar-refractivity contribution in [1.82, 2.24) is 0 Å². The third-order valence-electron chi connectivity index (χ3n) is 4.35. The van der Waals surface area contributed by atoms with Crippen LogP contribution >= 0.6 is 0 Å². The molecule has 1 fully saturated rings. The fraction of sp³-hybridized carbons (Fsp3) is 0.278. The molecule has 0 amide bonds. The number of quaternary nitrogens is 1. The number of benzene rings is 2. The number of nitrogens with two attached hydrogens (primary N) is 1. The fourth-order valence-corrected chi connectivity index (χ4v) is 3.06. The molecule has 0 atom stereocenters. The smallest absolute Gasteiger partial charge is 0.149 e. The Labute approximate surface area is 136 Å². The third-order valence-corrected chi connectivity index (χ3v) is 4.35. The topological polar surface area (TPSA) is 66.7 Å². The minimum atomic E-state index is 0.640. The normalized spacial score (nSPS) is 15.2. The molecule has 0 bridgehead atoms. The Bertz CT molecular complexity index is 713. The van der Waals surface area contributed by atoms with Crippen molar-refractivity contribution in [3.8, 4) is 11.8 Å². The van der Waals surface area contributed by atoms with Crippen molar-refractivity contribution in [2.24, 2.45) is 0 Å². The molecular formula is C18H21N4O+. The van der Waals surface area contributed by atoms with Crippen molar-refractivity contribution in [2.45, 2.75) is 0 Å². The van der Waals surface area contributed by atoms with E-state index < -0.39 is 0 Å². The SMILES string of the molecule is COc1ccc(N2CC[NH+](c3ccc(N)cc3C#N)CC2)cc1. The van der Waals surface area contributed by atoms with Crippen LogP contribution < -0.4 is 20.3 Å². The highest BCUT2D eigenvalue weighted by atomic mass is 16.5. The lowest BCUT2D eigenvalue weighted by Crippen LogP contribution is -3.10. The molecule has 0 aliphatic carbocycles. The average Bonchev–Trinajstić information content (AvgIpc) is 2.62. The maximum absolute atomic E-state index is 9.31. The maximum Gasteiger partial charge on any atom is 0.149 e. The average molecular weight is 309 g/mol. The molecule has 5 heteroatoms. The molecule has 0 saturated carbocycles. The van der Waals surface area contributed by atoms with E-state index in [4.69, 9.17) is 10.5 Å². The second-order valence-electron chi connectivity index (χ2n) is 5.71. The van der Waals surface area contributed by atoms with Crippen LogP contribution in [0.1, 0.15) is 5.56 Å². The first-order valence-corrected chi connectivity index (χ1v) is 7.75. The zero-order valence-electron chi connectivity index (χ0n) is 13.2. The van der Waals surface area contributed by atoms with Gasteiger partial charge in [0.15, 0.2) is 0 Å². The van der Waals surface area contributed by atoms with Gasteiger partial charge in [-0.05, 0) is 36.4 Å². The van der Waals surface area contributed by atoms with Gasteiger partial charge in [0.1, 0.15) is 23.1 Å². The quantitative estimate of drug-likeness (QED) is 0.836. The van der Waals surface area contributed by atoms with Crippen LogP contribution in [0.2, 0.25) is 0 Å². The number of nitrogens with zero attached hydrogens (tertiary/aromatic N) is 2. The van der Waals surface area contributed by atoms with Gasteiger partial charge < -0.3 is 15.4 Å². The highest BCUT2D eigenvalue weighted by Gasteiger charge is 2.24. The molecule has 5 nitrogen and oxygen atoms in total. The Morgan fingerprint density at radius 1 is 1.13 bits per heavy atom. The van der Waals surface area contributed by atoms with Gasteiger partial charge in [-0.1, -0.05) is 0 Å². The molecule has 0 spiro atoms. The van der Waals surface area contributed by atoms with Gasteiger partial charge in [-0.25, -0.2) is 0 Å². The first kappa shape index (κ1) is 15.2. The summed E-state index contributed by atoms with van der Waals surface area (Å²) in [5, 5.41) is 9.31. The van der Waals surface area contributed by atoms with Crippen LogP contribution in [0, 0.1) is 11.3 Å². The van der Waals surface area contributed by atoms with E-state index in [2.05, 4.69) is 23.1 Å². The van der Waals surface area contributed by atoms with Crippen molar-refractivity contribution >= 4 is 17.1 Å². The minimum absolute atomic E-state index is 0.640. The van der Waals surface area contributed by atoms with Gasteiger partial charge in [-0.15, -0.1) is 0 Å². The van der Waals surface area contributed by atoms with Crippen LogP contribution in [0.5, 0.6) is 5.75 Å². The van der Waals surface area contributed by atoms with E-state index in [1.807, 2.05) is 24.3 Å². The molecule has 1 aliphatic heterocycles. The maximum atomic E-state index is 9.31. The number of hydrogen-bond donors (Lipinski definition) is 2. The van der Waals surface area contributed by atoms with E-state index in [1.165, 1.54) is 10.6 Å².